The summed E-state index contributed by atoms with van der Waals surface area (Å²) in [6.45, 7) is 1.84. The number of nitrogens with one attached hydrogen (secondary N) is 2. The summed E-state index contributed by atoms with van der Waals surface area (Å²) >= 11 is 5.94. The normalized spacial score (nSPS) is 10.0. The summed E-state index contributed by atoms with van der Waals surface area (Å²) in [5.74, 6) is 0.427. The van der Waals surface area contributed by atoms with Crippen LogP contribution in [0.4, 0.5) is 22.0 Å². The number of pyridine rings is 1. The number of benzene rings is 1. The van der Waals surface area contributed by atoms with Gasteiger partial charge in [0, 0.05) is 0 Å². The lowest BCUT2D eigenvalue weighted by Crippen LogP contribution is -2.20. The number of para-hydroxylation sites is 1. The van der Waals surface area contributed by atoms with E-state index in [2.05, 4.69) is 15.6 Å². The molecule has 0 saturated carbocycles. The number of amides is 2. The first-order chi connectivity index (χ1) is 9.06. The number of aromatic nitrogens is 1. The van der Waals surface area contributed by atoms with Crippen molar-refractivity contribution in [3.63, 3.8) is 0 Å². The van der Waals surface area contributed by atoms with E-state index in [0.29, 0.717) is 22.2 Å². The molecule has 2 amide bonds. The van der Waals surface area contributed by atoms with Gasteiger partial charge in [0.05, 0.1) is 22.6 Å². The minimum atomic E-state index is -0.412. The summed E-state index contributed by atoms with van der Waals surface area (Å²) < 4.78 is 0. The maximum Gasteiger partial charge on any atom is 0.324 e. The summed E-state index contributed by atoms with van der Waals surface area (Å²) in [7, 11) is 0. The highest BCUT2D eigenvalue weighted by Gasteiger charge is 2.06. The van der Waals surface area contributed by atoms with Gasteiger partial charge in [0.2, 0.25) is 0 Å². The van der Waals surface area contributed by atoms with Crippen LogP contribution in [0.5, 0.6) is 0 Å². The Morgan fingerprint density at radius 3 is 2.74 bits per heavy atom. The van der Waals surface area contributed by atoms with Gasteiger partial charge in [-0.05, 0) is 30.7 Å². The summed E-state index contributed by atoms with van der Waals surface area (Å²) in [6.07, 6.45) is 1.50. The van der Waals surface area contributed by atoms with Crippen LogP contribution in [-0.4, -0.2) is 11.0 Å². The number of carbonyl (C=O) groups excluding carboxylic acids is 1. The second-order valence-electron chi connectivity index (χ2n) is 3.99. The van der Waals surface area contributed by atoms with Gasteiger partial charge < -0.3 is 11.1 Å². The monoisotopic (exact) mass is 276 g/mol. The molecular weight excluding hydrogens is 264 g/mol. The van der Waals surface area contributed by atoms with Crippen LogP contribution in [0.25, 0.3) is 0 Å². The molecule has 0 atom stereocenters. The standard InChI is InChI=1S/C13H13ClN4O/c1-8-6-12(16-7-10(8)15)18-13(19)17-11-5-3-2-4-9(11)14/h2-7H,15H2,1H3,(H2,16,17,18,19). The van der Waals surface area contributed by atoms with Crippen LogP contribution in [0.3, 0.4) is 0 Å². The van der Waals surface area contributed by atoms with Gasteiger partial charge >= 0.3 is 6.03 Å². The molecule has 0 aliphatic carbocycles. The molecule has 1 aromatic heterocycles. The Labute approximate surface area is 115 Å². The van der Waals surface area contributed by atoms with Crippen molar-refractivity contribution in [2.24, 2.45) is 0 Å². The van der Waals surface area contributed by atoms with E-state index in [9.17, 15) is 4.79 Å². The molecule has 0 aliphatic heterocycles. The molecule has 4 N–H and O–H groups in total. The van der Waals surface area contributed by atoms with Gasteiger partial charge in [-0.1, -0.05) is 23.7 Å². The van der Waals surface area contributed by atoms with Crippen LogP contribution in [-0.2, 0) is 0 Å². The average Bonchev–Trinajstić information content (AvgIpc) is 2.37. The highest BCUT2D eigenvalue weighted by atomic mass is 35.5. The summed E-state index contributed by atoms with van der Waals surface area (Å²) in [4.78, 5) is 15.8. The smallest absolute Gasteiger partial charge is 0.324 e. The third kappa shape index (κ3) is 3.35. The van der Waals surface area contributed by atoms with Gasteiger partial charge in [0.15, 0.2) is 0 Å². The van der Waals surface area contributed by atoms with Gasteiger partial charge in [-0.3, -0.25) is 5.32 Å². The van der Waals surface area contributed by atoms with Crippen molar-refractivity contribution in [2.75, 3.05) is 16.4 Å². The number of halogens is 1. The minimum Gasteiger partial charge on any atom is -0.397 e. The van der Waals surface area contributed by atoms with Crippen LogP contribution in [0, 0.1) is 6.92 Å². The van der Waals surface area contributed by atoms with Crippen molar-refractivity contribution in [2.45, 2.75) is 6.92 Å². The number of nitrogens with two attached hydrogens (primary N) is 1. The lowest BCUT2D eigenvalue weighted by atomic mass is 10.2. The van der Waals surface area contributed by atoms with Gasteiger partial charge in [-0.25, -0.2) is 9.78 Å². The van der Waals surface area contributed by atoms with Crippen molar-refractivity contribution in [3.8, 4) is 0 Å². The topological polar surface area (TPSA) is 80.0 Å². The summed E-state index contributed by atoms with van der Waals surface area (Å²) in [5.41, 5.74) is 7.62. The van der Waals surface area contributed by atoms with Gasteiger partial charge in [-0.15, -0.1) is 0 Å². The Kier molecular flexibility index (Phi) is 3.87. The molecule has 0 saturated heterocycles. The molecule has 1 aromatic carbocycles. The zero-order valence-electron chi connectivity index (χ0n) is 10.3. The van der Waals surface area contributed by atoms with Crippen LogP contribution in [0.2, 0.25) is 5.02 Å². The zero-order chi connectivity index (χ0) is 13.8. The van der Waals surface area contributed by atoms with Crippen LogP contribution >= 0.6 is 11.6 Å². The third-order valence-corrected chi connectivity index (χ3v) is 2.84. The number of anilines is 3. The Bertz CT molecular complexity index is 615. The number of carbonyl (C=O) groups is 1. The predicted molar refractivity (Wildman–Crippen MR) is 77.5 cm³/mol. The molecule has 6 heteroatoms. The van der Waals surface area contributed by atoms with E-state index in [1.807, 2.05) is 6.92 Å². The predicted octanol–water partition coefficient (Wildman–Crippen LogP) is 3.27. The molecule has 5 nitrogen and oxygen atoms in total. The molecule has 0 fully saturated rings. The molecule has 19 heavy (non-hydrogen) atoms. The number of nitrogens with zero attached hydrogens (tertiary/aromatic N) is 1. The van der Waals surface area contributed by atoms with E-state index in [1.54, 1.807) is 30.3 Å². The molecule has 0 radical (unpaired) electrons. The molecule has 1 heterocycles. The third-order valence-electron chi connectivity index (χ3n) is 2.51. The molecule has 0 bridgehead atoms. The molecule has 2 rings (SSSR count). The number of aryl methyl sites for hydroxylation is 1. The van der Waals surface area contributed by atoms with Gasteiger partial charge in [0.1, 0.15) is 5.82 Å². The molecule has 0 unspecified atom stereocenters. The molecule has 2 aromatic rings. The van der Waals surface area contributed by atoms with E-state index < -0.39 is 6.03 Å². The minimum absolute atomic E-state index is 0.412. The lowest BCUT2D eigenvalue weighted by Gasteiger charge is -2.09. The van der Waals surface area contributed by atoms with E-state index in [-0.39, 0.29) is 0 Å². The van der Waals surface area contributed by atoms with Crippen molar-refractivity contribution in [1.82, 2.24) is 4.98 Å². The molecule has 98 valence electrons. The van der Waals surface area contributed by atoms with Crippen molar-refractivity contribution in [3.05, 3.63) is 47.1 Å². The van der Waals surface area contributed by atoms with Gasteiger partial charge in [-0.2, -0.15) is 0 Å². The molecule has 0 spiro atoms. The molecule has 0 aliphatic rings. The van der Waals surface area contributed by atoms with Crippen LogP contribution in [0.1, 0.15) is 5.56 Å². The summed E-state index contributed by atoms with van der Waals surface area (Å²) in [5, 5.41) is 5.72. The number of nitrogen functional groups attached to an aromatic ring is 1. The Morgan fingerprint density at radius 2 is 2.05 bits per heavy atom. The molecular formula is C13H13ClN4O. The fraction of sp³-hybridized carbons (Fsp3) is 0.0769. The quantitative estimate of drug-likeness (QED) is 0.787. The maximum atomic E-state index is 11.8. The lowest BCUT2D eigenvalue weighted by molar-refractivity contribution is 0.262. The van der Waals surface area contributed by atoms with Crippen molar-refractivity contribution in [1.29, 1.82) is 0 Å². The number of rotatable bonds is 2. The maximum absolute atomic E-state index is 11.8. The fourth-order valence-electron chi connectivity index (χ4n) is 1.47. The van der Waals surface area contributed by atoms with Gasteiger partial charge in [0.25, 0.3) is 0 Å². The van der Waals surface area contributed by atoms with E-state index in [4.69, 9.17) is 17.3 Å². The highest BCUT2D eigenvalue weighted by molar-refractivity contribution is 6.33. The number of urea groups is 1. The van der Waals surface area contributed by atoms with Crippen LogP contribution < -0.4 is 16.4 Å². The second kappa shape index (κ2) is 5.58. The number of hydrogen-bond donors (Lipinski definition) is 3. The van der Waals surface area contributed by atoms with Crippen molar-refractivity contribution >= 4 is 34.8 Å². The Morgan fingerprint density at radius 1 is 1.32 bits per heavy atom. The van der Waals surface area contributed by atoms with E-state index >= 15 is 0 Å². The first kappa shape index (κ1) is 13.2. The Hall–Kier alpha value is -2.27. The average molecular weight is 277 g/mol. The first-order valence-electron chi connectivity index (χ1n) is 5.61. The second-order valence-corrected chi connectivity index (χ2v) is 4.39. The highest BCUT2D eigenvalue weighted by Crippen LogP contribution is 2.20. The largest absolute Gasteiger partial charge is 0.397 e. The Balaban J connectivity index is 2.05. The van der Waals surface area contributed by atoms with E-state index in [1.165, 1.54) is 6.20 Å². The zero-order valence-corrected chi connectivity index (χ0v) is 11.0. The van der Waals surface area contributed by atoms with Crippen LogP contribution in [0.15, 0.2) is 36.5 Å². The van der Waals surface area contributed by atoms with Crippen molar-refractivity contribution < 1.29 is 4.79 Å². The SMILES string of the molecule is Cc1cc(NC(=O)Nc2ccccc2Cl)ncc1N. The number of hydrogen-bond acceptors (Lipinski definition) is 3. The fourth-order valence-corrected chi connectivity index (χ4v) is 1.65. The first-order valence-corrected chi connectivity index (χ1v) is 5.98. The van der Waals surface area contributed by atoms with E-state index in [0.717, 1.165) is 5.56 Å². The summed E-state index contributed by atoms with van der Waals surface area (Å²) in [6, 6.07) is 8.27.